The van der Waals surface area contributed by atoms with Gasteiger partial charge in [0.1, 0.15) is 0 Å². The molecule has 3 heteroatoms. The summed E-state index contributed by atoms with van der Waals surface area (Å²) < 4.78 is 0. The van der Waals surface area contributed by atoms with Crippen LogP contribution in [0.15, 0.2) is 0 Å². The zero-order chi connectivity index (χ0) is 12.1. The number of nitrogens with one attached hydrogen (secondary N) is 1. The van der Waals surface area contributed by atoms with Crippen LogP contribution in [0.4, 0.5) is 0 Å². The van der Waals surface area contributed by atoms with E-state index in [9.17, 15) is 0 Å². The third kappa shape index (κ3) is 18.8. The first kappa shape index (κ1) is 19.5. The van der Waals surface area contributed by atoms with Gasteiger partial charge in [0, 0.05) is 6.54 Å². The summed E-state index contributed by atoms with van der Waals surface area (Å²) in [5, 5.41) is 0. The summed E-state index contributed by atoms with van der Waals surface area (Å²) in [5.41, 5.74) is 2.70. The van der Waals surface area contributed by atoms with Crippen LogP contribution in [0.25, 0.3) is 0 Å². The molecule has 0 aromatic heterocycles. The van der Waals surface area contributed by atoms with Gasteiger partial charge in [-0.15, -0.1) is 12.4 Å². The molecule has 0 aliphatic carbocycles. The minimum atomic E-state index is 0. The van der Waals surface area contributed by atoms with Crippen molar-refractivity contribution in [3.05, 3.63) is 0 Å². The first-order valence-corrected chi connectivity index (χ1v) is 7.21. The highest BCUT2D eigenvalue weighted by molar-refractivity contribution is 5.85. The fourth-order valence-electron chi connectivity index (χ4n) is 2.02. The van der Waals surface area contributed by atoms with E-state index in [2.05, 4.69) is 19.3 Å². The summed E-state index contributed by atoms with van der Waals surface area (Å²) in [6.07, 6.45) is 13.9. The topological polar surface area (TPSA) is 38.0 Å². The fraction of sp³-hybridized carbons (Fsp3) is 1.00. The second-order valence-electron chi connectivity index (χ2n) is 5.32. The maximum absolute atomic E-state index is 5.21. The van der Waals surface area contributed by atoms with Crippen LogP contribution in [0.3, 0.4) is 0 Å². The van der Waals surface area contributed by atoms with Gasteiger partial charge in [-0.05, 0) is 12.3 Å². The molecule has 0 unspecified atom stereocenters. The molecule has 0 saturated heterocycles. The summed E-state index contributed by atoms with van der Waals surface area (Å²) in [5.74, 6) is 6.09. The lowest BCUT2D eigenvalue weighted by Gasteiger charge is -2.04. The van der Waals surface area contributed by atoms with Gasteiger partial charge in [-0.1, -0.05) is 71.6 Å². The zero-order valence-corrected chi connectivity index (χ0v) is 12.7. The summed E-state index contributed by atoms with van der Waals surface area (Å²) >= 11 is 0. The Kier molecular flexibility index (Phi) is 18.6. The Labute approximate surface area is 114 Å². The third-order valence-corrected chi connectivity index (χ3v) is 3.10. The highest BCUT2D eigenvalue weighted by Crippen LogP contribution is 2.12. The zero-order valence-electron chi connectivity index (χ0n) is 11.8. The number of halogens is 1. The number of hydrogen-bond acceptors (Lipinski definition) is 2. The molecule has 0 aliphatic heterocycles. The van der Waals surface area contributed by atoms with E-state index in [0.717, 1.165) is 12.5 Å². The molecule has 0 saturated carbocycles. The van der Waals surface area contributed by atoms with Gasteiger partial charge in [0.15, 0.2) is 0 Å². The van der Waals surface area contributed by atoms with Gasteiger partial charge >= 0.3 is 0 Å². The Balaban J connectivity index is 0. The number of hydrogen-bond donors (Lipinski definition) is 2. The largest absolute Gasteiger partial charge is 0.271 e. The molecule has 2 nitrogen and oxygen atoms in total. The summed E-state index contributed by atoms with van der Waals surface area (Å²) in [6.45, 7) is 5.60. The Morgan fingerprint density at radius 1 is 0.765 bits per heavy atom. The average molecular weight is 265 g/mol. The van der Waals surface area contributed by atoms with Gasteiger partial charge in [0.2, 0.25) is 0 Å². The van der Waals surface area contributed by atoms with Crippen molar-refractivity contribution in [1.29, 1.82) is 0 Å². The van der Waals surface area contributed by atoms with Crippen molar-refractivity contribution in [1.82, 2.24) is 5.43 Å². The molecule has 0 spiro atoms. The number of unbranched alkanes of at least 4 members (excludes halogenated alkanes) is 8. The van der Waals surface area contributed by atoms with Crippen molar-refractivity contribution in [2.24, 2.45) is 11.8 Å². The Morgan fingerprint density at radius 3 is 1.59 bits per heavy atom. The van der Waals surface area contributed by atoms with Crippen LogP contribution in [0, 0.1) is 5.92 Å². The summed E-state index contributed by atoms with van der Waals surface area (Å²) in [4.78, 5) is 0. The van der Waals surface area contributed by atoms with E-state index in [1.165, 1.54) is 64.2 Å². The van der Waals surface area contributed by atoms with Crippen molar-refractivity contribution >= 4 is 12.4 Å². The molecule has 0 radical (unpaired) electrons. The molecular weight excluding hydrogens is 232 g/mol. The second kappa shape index (κ2) is 16.2. The van der Waals surface area contributed by atoms with E-state index < -0.39 is 0 Å². The van der Waals surface area contributed by atoms with Crippen LogP contribution in [-0.2, 0) is 0 Å². The van der Waals surface area contributed by atoms with Gasteiger partial charge in [0.25, 0.3) is 0 Å². The van der Waals surface area contributed by atoms with Crippen LogP contribution < -0.4 is 11.3 Å². The van der Waals surface area contributed by atoms with Crippen molar-refractivity contribution in [2.45, 2.75) is 78.1 Å². The molecule has 0 fully saturated rings. The molecule has 0 bridgehead atoms. The number of nitrogens with two attached hydrogens (primary N) is 1. The SMILES string of the molecule is CC(C)CCCCCCCCCCCNN.Cl. The van der Waals surface area contributed by atoms with Gasteiger partial charge in [0.05, 0.1) is 0 Å². The Bertz CT molecular complexity index is 129. The van der Waals surface area contributed by atoms with E-state index in [4.69, 9.17) is 5.84 Å². The van der Waals surface area contributed by atoms with Crippen molar-refractivity contribution in [2.75, 3.05) is 6.54 Å². The lowest BCUT2D eigenvalue weighted by Crippen LogP contribution is -2.22. The maximum atomic E-state index is 5.21. The smallest absolute Gasteiger partial charge is 0.00974 e. The van der Waals surface area contributed by atoms with Crippen LogP contribution in [0.2, 0.25) is 0 Å². The molecule has 0 aromatic rings. The van der Waals surface area contributed by atoms with E-state index in [1.54, 1.807) is 0 Å². The van der Waals surface area contributed by atoms with Gasteiger partial charge in [-0.3, -0.25) is 11.3 Å². The molecule has 106 valence electrons. The van der Waals surface area contributed by atoms with E-state index in [-0.39, 0.29) is 12.4 Å². The predicted molar refractivity (Wildman–Crippen MR) is 80.4 cm³/mol. The summed E-state index contributed by atoms with van der Waals surface area (Å²) in [7, 11) is 0. The molecule has 0 amide bonds. The quantitative estimate of drug-likeness (QED) is 0.311. The average Bonchev–Trinajstić information content (AvgIpc) is 2.25. The summed E-state index contributed by atoms with van der Waals surface area (Å²) in [6, 6.07) is 0. The lowest BCUT2D eigenvalue weighted by molar-refractivity contribution is 0.504. The van der Waals surface area contributed by atoms with Gasteiger partial charge in [-0.2, -0.15) is 0 Å². The monoisotopic (exact) mass is 264 g/mol. The van der Waals surface area contributed by atoms with Crippen molar-refractivity contribution in [3.63, 3.8) is 0 Å². The van der Waals surface area contributed by atoms with E-state index in [0.29, 0.717) is 0 Å². The van der Waals surface area contributed by atoms with Crippen LogP contribution >= 0.6 is 12.4 Å². The molecule has 0 heterocycles. The second-order valence-corrected chi connectivity index (χ2v) is 5.32. The lowest BCUT2D eigenvalue weighted by atomic mass is 10.0. The Hall–Kier alpha value is 0.210. The highest BCUT2D eigenvalue weighted by Gasteiger charge is 1.95. The third-order valence-electron chi connectivity index (χ3n) is 3.10. The molecular formula is C14H33ClN2. The first-order chi connectivity index (χ1) is 7.77. The van der Waals surface area contributed by atoms with Crippen LogP contribution in [0.5, 0.6) is 0 Å². The van der Waals surface area contributed by atoms with Crippen molar-refractivity contribution in [3.8, 4) is 0 Å². The van der Waals surface area contributed by atoms with E-state index in [1.807, 2.05) is 0 Å². The van der Waals surface area contributed by atoms with Gasteiger partial charge < -0.3 is 0 Å². The first-order valence-electron chi connectivity index (χ1n) is 7.21. The van der Waals surface area contributed by atoms with E-state index >= 15 is 0 Å². The number of rotatable bonds is 12. The highest BCUT2D eigenvalue weighted by atomic mass is 35.5. The Morgan fingerprint density at radius 2 is 1.18 bits per heavy atom. The molecule has 0 aliphatic rings. The van der Waals surface area contributed by atoms with Crippen molar-refractivity contribution < 1.29 is 0 Å². The maximum Gasteiger partial charge on any atom is 0.00974 e. The fourth-order valence-corrected chi connectivity index (χ4v) is 2.02. The molecule has 17 heavy (non-hydrogen) atoms. The van der Waals surface area contributed by atoms with Crippen LogP contribution in [0.1, 0.15) is 78.1 Å². The molecule has 0 atom stereocenters. The number of hydrazine groups is 1. The predicted octanol–water partition coefficient (Wildman–Crippen LogP) is 4.43. The van der Waals surface area contributed by atoms with Crippen LogP contribution in [-0.4, -0.2) is 6.54 Å². The molecule has 0 rings (SSSR count). The minimum Gasteiger partial charge on any atom is -0.271 e. The minimum absolute atomic E-state index is 0. The molecule has 0 aromatic carbocycles. The standard InChI is InChI=1S/C14H32N2.ClH/c1-14(2)12-10-8-6-4-3-5-7-9-11-13-16-15;/h14,16H,3-13,15H2,1-2H3;1H. The van der Waals surface area contributed by atoms with Gasteiger partial charge in [-0.25, -0.2) is 0 Å². The molecule has 3 N–H and O–H groups in total. The normalized spacial score (nSPS) is 10.6.